The van der Waals surface area contributed by atoms with Crippen molar-refractivity contribution < 1.29 is 19.8 Å². The van der Waals surface area contributed by atoms with E-state index in [1.54, 1.807) is 60.7 Å². The standard InChI is InChI=1S/C17H15N5O4/c18-17(21-19-13(15(23)24)11-7-3-1-4-8-11)22-20-14(16(25)26)12-9-5-2-6-10-12/h1-10H,(H,23,24)(H,25,26)(H3,18,21,22)/b19-13-,20-14-. The van der Waals surface area contributed by atoms with E-state index in [-0.39, 0.29) is 17.4 Å². The van der Waals surface area contributed by atoms with Gasteiger partial charge in [-0.3, -0.25) is 0 Å². The van der Waals surface area contributed by atoms with Gasteiger partial charge in [-0.15, -0.1) is 10.2 Å². The lowest BCUT2D eigenvalue weighted by molar-refractivity contribution is -0.130. The molecular formula is C17H15N5O4. The number of guanidine groups is 1. The summed E-state index contributed by atoms with van der Waals surface area (Å²) in [4.78, 5) is 22.6. The van der Waals surface area contributed by atoms with Crippen molar-refractivity contribution in [3.05, 3.63) is 71.8 Å². The van der Waals surface area contributed by atoms with Crippen LogP contribution in [0.3, 0.4) is 0 Å². The summed E-state index contributed by atoms with van der Waals surface area (Å²) in [5.74, 6) is -2.92. The molecule has 2 rings (SSSR count). The molecular weight excluding hydrogens is 338 g/mol. The van der Waals surface area contributed by atoms with Crippen molar-refractivity contribution in [2.75, 3.05) is 0 Å². The van der Waals surface area contributed by atoms with E-state index in [4.69, 9.17) is 5.73 Å². The van der Waals surface area contributed by atoms with Gasteiger partial charge in [-0.05, 0) is 0 Å². The Kier molecular flexibility index (Phi) is 6.16. The van der Waals surface area contributed by atoms with Crippen LogP contribution >= 0.6 is 0 Å². The summed E-state index contributed by atoms with van der Waals surface area (Å²) in [6.07, 6.45) is 0. The van der Waals surface area contributed by atoms with E-state index in [2.05, 4.69) is 20.7 Å². The Morgan fingerprint density at radius 1 is 0.769 bits per heavy atom. The Morgan fingerprint density at radius 2 is 1.23 bits per heavy atom. The molecule has 2 aromatic carbocycles. The fourth-order valence-electron chi connectivity index (χ4n) is 1.89. The number of hydrogen-bond donors (Lipinski definition) is 4. The molecule has 0 radical (unpaired) electrons. The molecule has 0 aromatic heterocycles. The number of carboxylic acid groups (broad SMARTS) is 2. The number of carbonyl (C=O) groups is 2. The second-order valence-electron chi connectivity index (χ2n) is 4.85. The highest BCUT2D eigenvalue weighted by Gasteiger charge is 2.13. The lowest BCUT2D eigenvalue weighted by Gasteiger charge is -2.03. The lowest BCUT2D eigenvalue weighted by Crippen LogP contribution is -2.30. The Morgan fingerprint density at radius 3 is 1.69 bits per heavy atom. The number of aliphatic carboxylic acids is 2. The van der Waals surface area contributed by atoms with Gasteiger partial charge >= 0.3 is 11.9 Å². The van der Waals surface area contributed by atoms with Crippen molar-refractivity contribution in [2.45, 2.75) is 0 Å². The van der Waals surface area contributed by atoms with Crippen LogP contribution in [-0.4, -0.2) is 39.5 Å². The zero-order valence-electron chi connectivity index (χ0n) is 13.4. The summed E-state index contributed by atoms with van der Waals surface area (Å²) in [5, 5.41) is 29.2. The molecule has 5 N–H and O–H groups in total. The fraction of sp³-hybridized carbons (Fsp3) is 0. The van der Waals surface area contributed by atoms with Crippen LogP contribution in [0.5, 0.6) is 0 Å². The number of nitrogens with two attached hydrogens (primary N) is 1. The van der Waals surface area contributed by atoms with Gasteiger partial charge in [-0.1, -0.05) is 60.7 Å². The SMILES string of the molecule is N/C(=N\N=C(/C(=O)O)c1ccccc1)N/N=C(\C(=O)O)c1ccccc1. The third-order valence-corrected chi connectivity index (χ3v) is 3.04. The van der Waals surface area contributed by atoms with Gasteiger partial charge in [0.25, 0.3) is 0 Å². The zero-order chi connectivity index (χ0) is 18.9. The summed E-state index contributed by atoms with van der Waals surface area (Å²) >= 11 is 0. The topological polar surface area (TPSA) is 150 Å². The van der Waals surface area contributed by atoms with Crippen molar-refractivity contribution in [3.63, 3.8) is 0 Å². The Bertz CT molecular complexity index is 877. The van der Waals surface area contributed by atoms with Crippen LogP contribution in [-0.2, 0) is 9.59 Å². The first kappa shape index (κ1) is 18.3. The van der Waals surface area contributed by atoms with Gasteiger partial charge in [0.1, 0.15) is 0 Å². The monoisotopic (exact) mass is 353 g/mol. The molecule has 0 unspecified atom stereocenters. The van der Waals surface area contributed by atoms with Gasteiger partial charge in [0.2, 0.25) is 5.96 Å². The predicted octanol–water partition coefficient (Wildman–Crippen LogP) is 0.868. The van der Waals surface area contributed by atoms with Crippen molar-refractivity contribution in [3.8, 4) is 0 Å². The molecule has 0 fully saturated rings. The van der Waals surface area contributed by atoms with Crippen LogP contribution in [0, 0.1) is 0 Å². The highest BCUT2D eigenvalue weighted by atomic mass is 16.4. The van der Waals surface area contributed by atoms with Gasteiger partial charge in [-0.2, -0.15) is 5.10 Å². The van der Waals surface area contributed by atoms with Crippen LogP contribution < -0.4 is 11.2 Å². The Balaban J connectivity index is 2.23. The molecule has 0 saturated carbocycles. The molecule has 0 aliphatic rings. The third-order valence-electron chi connectivity index (χ3n) is 3.04. The lowest BCUT2D eigenvalue weighted by atomic mass is 10.1. The second kappa shape index (κ2) is 8.73. The van der Waals surface area contributed by atoms with Crippen molar-refractivity contribution >= 4 is 29.3 Å². The number of hydrogen-bond acceptors (Lipinski definition) is 5. The van der Waals surface area contributed by atoms with E-state index < -0.39 is 11.9 Å². The van der Waals surface area contributed by atoms with Crippen molar-refractivity contribution in [1.82, 2.24) is 5.43 Å². The number of carboxylic acids is 2. The van der Waals surface area contributed by atoms with E-state index in [9.17, 15) is 19.8 Å². The summed E-state index contributed by atoms with van der Waals surface area (Å²) in [5.41, 5.74) is 7.91. The molecule has 2 aromatic rings. The highest BCUT2D eigenvalue weighted by molar-refractivity contribution is 6.43. The summed E-state index contributed by atoms with van der Waals surface area (Å²) in [6, 6.07) is 16.3. The number of hydrazone groups is 1. The normalized spacial score (nSPS) is 12.5. The van der Waals surface area contributed by atoms with Crippen LogP contribution in [0.15, 0.2) is 76.0 Å². The summed E-state index contributed by atoms with van der Waals surface area (Å²) in [7, 11) is 0. The van der Waals surface area contributed by atoms with E-state index in [0.717, 1.165) is 0 Å². The van der Waals surface area contributed by atoms with Gasteiger partial charge in [-0.25, -0.2) is 15.0 Å². The second-order valence-corrected chi connectivity index (χ2v) is 4.85. The van der Waals surface area contributed by atoms with E-state index >= 15 is 0 Å². The van der Waals surface area contributed by atoms with Gasteiger partial charge < -0.3 is 15.9 Å². The van der Waals surface area contributed by atoms with Crippen LogP contribution in [0.25, 0.3) is 0 Å². The number of nitrogens with one attached hydrogen (secondary N) is 1. The van der Waals surface area contributed by atoms with E-state index in [1.165, 1.54) is 0 Å². The first-order chi connectivity index (χ1) is 12.5. The minimum Gasteiger partial charge on any atom is -0.476 e. The van der Waals surface area contributed by atoms with Crippen LogP contribution in [0.1, 0.15) is 11.1 Å². The van der Waals surface area contributed by atoms with E-state index in [0.29, 0.717) is 11.1 Å². The molecule has 0 spiro atoms. The van der Waals surface area contributed by atoms with E-state index in [1.807, 2.05) is 0 Å². The molecule has 0 bridgehead atoms. The molecule has 0 atom stereocenters. The first-order valence-corrected chi connectivity index (χ1v) is 7.31. The number of benzene rings is 2. The average Bonchev–Trinajstić information content (AvgIpc) is 2.63. The largest absolute Gasteiger partial charge is 0.476 e. The van der Waals surface area contributed by atoms with Crippen LogP contribution in [0.2, 0.25) is 0 Å². The quantitative estimate of drug-likeness (QED) is 0.344. The maximum Gasteiger partial charge on any atom is 0.357 e. The molecule has 0 aliphatic heterocycles. The molecule has 9 heteroatoms. The summed E-state index contributed by atoms with van der Waals surface area (Å²) < 4.78 is 0. The number of rotatable bonds is 6. The molecule has 132 valence electrons. The summed E-state index contributed by atoms with van der Waals surface area (Å²) in [6.45, 7) is 0. The average molecular weight is 353 g/mol. The molecule has 0 aliphatic carbocycles. The smallest absolute Gasteiger partial charge is 0.357 e. The molecule has 0 saturated heterocycles. The Labute approximate surface area is 148 Å². The highest BCUT2D eigenvalue weighted by Crippen LogP contribution is 2.03. The molecule has 0 amide bonds. The van der Waals surface area contributed by atoms with Gasteiger partial charge in [0.15, 0.2) is 11.4 Å². The molecule has 0 heterocycles. The maximum atomic E-state index is 11.3. The molecule has 26 heavy (non-hydrogen) atoms. The molecule has 9 nitrogen and oxygen atoms in total. The fourth-order valence-corrected chi connectivity index (χ4v) is 1.89. The maximum absolute atomic E-state index is 11.3. The number of nitrogens with zero attached hydrogens (tertiary/aromatic N) is 3. The first-order valence-electron chi connectivity index (χ1n) is 7.31. The Hall–Kier alpha value is -4.01. The van der Waals surface area contributed by atoms with Crippen molar-refractivity contribution in [1.29, 1.82) is 0 Å². The minimum atomic E-state index is -1.29. The minimum absolute atomic E-state index is 0.283. The predicted molar refractivity (Wildman–Crippen MR) is 96.0 cm³/mol. The van der Waals surface area contributed by atoms with Crippen molar-refractivity contribution in [2.24, 2.45) is 21.0 Å². The third kappa shape index (κ3) is 4.99. The van der Waals surface area contributed by atoms with Gasteiger partial charge in [0.05, 0.1) is 0 Å². The van der Waals surface area contributed by atoms with Crippen LogP contribution in [0.4, 0.5) is 0 Å². The van der Waals surface area contributed by atoms with Gasteiger partial charge in [0, 0.05) is 11.1 Å². The zero-order valence-corrected chi connectivity index (χ0v) is 13.4.